The lowest BCUT2D eigenvalue weighted by molar-refractivity contribution is -0.232. The number of carbonyl (C=O) groups excluding carboxylic acids is 1. The summed E-state index contributed by atoms with van der Waals surface area (Å²) in [6, 6.07) is 6.97. The van der Waals surface area contributed by atoms with E-state index >= 15 is 0 Å². The molecule has 188 valence electrons. The van der Waals surface area contributed by atoms with Crippen LogP contribution in [0.1, 0.15) is 38.2 Å². The maximum Gasteiger partial charge on any atom is 0.336 e. The van der Waals surface area contributed by atoms with E-state index in [1.54, 1.807) is 13.2 Å². The Hall–Kier alpha value is -2.68. The molecular formula is C27H33NO7. The summed E-state index contributed by atoms with van der Waals surface area (Å²) in [5.74, 6) is -0.877. The van der Waals surface area contributed by atoms with Crippen LogP contribution in [0.4, 0.5) is 5.69 Å². The average Bonchev–Trinajstić information content (AvgIpc) is 3.31. The van der Waals surface area contributed by atoms with Crippen molar-refractivity contribution >= 4 is 22.6 Å². The van der Waals surface area contributed by atoms with Gasteiger partial charge in [0.15, 0.2) is 5.79 Å². The van der Waals surface area contributed by atoms with Gasteiger partial charge in [0.25, 0.3) is 0 Å². The standard InChI is InChI=1S/C27H33NO7/c1-26(31-4)15-23-27(35-26)18(6-5-7-19(27)16-33-23)10-11-32-24(29)12-17-13-25(30)34-22-14-20(28(2)3)8-9-21(17)22/h7-9,13-14,18,23H,5-6,10-12,15-16H2,1-4H3/t18-,23-,26?,27-/m0/s1. The third-order valence-electron chi connectivity index (χ3n) is 7.70. The number of benzene rings is 1. The van der Waals surface area contributed by atoms with Crippen molar-refractivity contribution in [3.05, 3.63) is 51.9 Å². The number of fused-ring (bicyclic) bond motifs is 1. The largest absolute Gasteiger partial charge is 0.465 e. The number of hydrogen-bond acceptors (Lipinski definition) is 8. The summed E-state index contributed by atoms with van der Waals surface area (Å²) in [4.78, 5) is 26.8. The number of hydrogen-bond donors (Lipinski definition) is 0. The number of carbonyl (C=O) groups is 1. The molecule has 2 saturated heterocycles. The summed E-state index contributed by atoms with van der Waals surface area (Å²) in [5.41, 5.74) is 2.17. The molecule has 3 aliphatic rings. The maximum atomic E-state index is 12.7. The van der Waals surface area contributed by atoms with E-state index in [0.717, 1.165) is 23.9 Å². The fourth-order valence-corrected chi connectivity index (χ4v) is 5.86. The Kier molecular flexibility index (Phi) is 6.23. The minimum absolute atomic E-state index is 0.00829. The normalized spacial score (nSPS) is 29.5. The van der Waals surface area contributed by atoms with Gasteiger partial charge in [-0.3, -0.25) is 4.79 Å². The average molecular weight is 484 g/mol. The summed E-state index contributed by atoms with van der Waals surface area (Å²) < 4.78 is 29.3. The van der Waals surface area contributed by atoms with Crippen LogP contribution in [-0.4, -0.2) is 57.9 Å². The van der Waals surface area contributed by atoms with Gasteiger partial charge in [-0.2, -0.15) is 0 Å². The van der Waals surface area contributed by atoms with Crippen LogP contribution in [0.2, 0.25) is 0 Å². The van der Waals surface area contributed by atoms with Crippen molar-refractivity contribution in [2.45, 2.75) is 56.5 Å². The third kappa shape index (κ3) is 4.28. The van der Waals surface area contributed by atoms with Gasteiger partial charge in [0.2, 0.25) is 0 Å². The Morgan fingerprint density at radius 1 is 1.26 bits per heavy atom. The topological polar surface area (TPSA) is 87.4 Å². The quantitative estimate of drug-likeness (QED) is 0.336. The number of allylic oxidation sites excluding steroid dienone is 1. The molecule has 0 N–H and O–H groups in total. The lowest BCUT2D eigenvalue weighted by atomic mass is 9.71. The molecule has 1 aromatic carbocycles. The van der Waals surface area contributed by atoms with Crippen LogP contribution in [0.25, 0.3) is 11.0 Å². The summed E-state index contributed by atoms with van der Waals surface area (Å²) in [6.45, 7) is 2.82. The van der Waals surface area contributed by atoms with Gasteiger partial charge in [-0.15, -0.1) is 0 Å². The van der Waals surface area contributed by atoms with Crippen LogP contribution in [0.3, 0.4) is 0 Å². The Labute approximate surface area is 204 Å². The van der Waals surface area contributed by atoms with Gasteiger partial charge in [0.1, 0.15) is 11.2 Å². The van der Waals surface area contributed by atoms with E-state index < -0.39 is 17.0 Å². The molecule has 4 atom stereocenters. The molecule has 1 spiro atoms. The van der Waals surface area contributed by atoms with Gasteiger partial charge < -0.3 is 28.3 Å². The van der Waals surface area contributed by atoms with Gasteiger partial charge in [0.05, 0.1) is 25.7 Å². The van der Waals surface area contributed by atoms with Crippen molar-refractivity contribution in [3.8, 4) is 0 Å². The number of ether oxygens (including phenoxy) is 4. The molecule has 1 aliphatic carbocycles. The number of rotatable bonds is 7. The fraction of sp³-hybridized carbons (Fsp3) is 0.556. The second kappa shape index (κ2) is 9.08. The SMILES string of the molecule is COC1(C)C[C@@H]2OCC3=CCC[C@@H](CCOC(=O)Cc4cc(=O)oc5cc(N(C)C)ccc45)[C@]32O1. The smallest absolute Gasteiger partial charge is 0.336 e. The molecule has 1 unspecified atom stereocenters. The zero-order valence-corrected chi connectivity index (χ0v) is 20.8. The van der Waals surface area contributed by atoms with E-state index in [0.29, 0.717) is 30.6 Å². The first-order valence-corrected chi connectivity index (χ1v) is 12.2. The van der Waals surface area contributed by atoms with Gasteiger partial charge in [0, 0.05) is 50.8 Å². The van der Waals surface area contributed by atoms with E-state index in [2.05, 4.69) is 6.08 Å². The van der Waals surface area contributed by atoms with E-state index in [1.165, 1.54) is 11.6 Å². The molecule has 2 aliphatic heterocycles. The molecule has 2 fully saturated rings. The number of anilines is 1. The molecule has 0 radical (unpaired) electrons. The van der Waals surface area contributed by atoms with Crippen LogP contribution in [0.5, 0.6) is 0 Å². The molecule has 35 heavy (non-hydrogen) atoms. The van der Waals surface area contributed by atoms with E-state index in [4.69, 9.17) is 23.4 Å². The molecule has 8 nitrogen and oxygen atoms in total. The minimum atomic E-state index is -0.682. The lowest BCUT2D eigenvalue weighted by Gasteiger charge is -2.41. The zero-order chi connectivity index (χ0) is 24.8. The second-order valence-electron chi connectivity index (χ2n) is 10.1. The molecule has 0 saturated carbocycles. The van der Waals surface area contributed by atoms with Crippen molar-refractivity contribution in [2.24, 2.45) is 5.92 Å². The fourth-order valence-electron chi connectivity index (χ4n) is 5.86. The Bertz CT molecular complexity index is 1220. The van der Waals surface area contributed by atoms with E-state index in [1.807, 2.05) is 38.1 Å². The zero-order valence-electron chi connectivity index (χ0n) is 20.8. The second-order valence-corrected chi connectivity index (χ2v) is 10.1. The number of methoxy groups -OCH3 is 1. The highest BCUT2D eigenvalue weighted by Gasteiger charge is 2.63. The molecule has 0 amide bonds. The molecule has 2 aromatic rings. The predicted molar refractivity (Wildman–Crippen MR) is 130 cm³/mol. The van der Waals surface area contributed by atoms with E-state index in [9.17, 15) is 9.59 Å². The molecular weight excluding hydrogens is 450 g/mol. The Morgan fingerprint density at radius 2 is 2.09 bits per heavy atom. The summed E-state index contributed by atoms with van der Waals surface area (Å²) in [5, 5.41) is 0.734. The predicted octanol–water partition coefficient (Wildman–Crippen LogP) is 3.59. The Morgan fingerprint density at radius 3 is 2.86 bits per heavy atom. The highest BCUT2D eigenvalue weighted by molar-refractivity contribution is 5.87. The first-order chi connectivity index (χ1) is 16.7. The molecule has 8 heteroatoms. The van der Waals surface area contributed by atoms with Crippen LogP contribution < -0.4 is 10.5 Å². The van der Waals surface area contributed by atoms with Crippen LogP contribution in [-0.2, 0) is 30.2 Å². The molecule has 3 heterocycles. The Balaban J connectivity index is 1.26. The van der Waals surface area contributed by atoms with Crippen LogP contribution in [0, 0.1) is 5.92 Å². The highest BCUT2D eigenvalue weighted by atomic mass is 16.7. The van der Waals surface area contributed by atoms with Crippen molar-refractivity contribution in [2.75, 3.05) is 39.3 Å². The molecule has 5 rings (SSSR count). The molecule has 0 bridgehead atoms. The van der Waals surface area contributed by atoms with Crippen molar-refractivity contribution in [1.82, 2.24) is 0 Å². The van der Waals surface area contributed by atoms with E-state index in [-0.39, 0.29) is 31.0 Å². The van der Waals surface area contributed by atoms with Gasteiger partial charge >= 0.3 is 11.6 Å². The van der Waals surface area contributed by atoms with Crippen molar-refractivity contribution in [1.29, 1.82) is 0 Å². The highest BCUT2D eigenvalue weighted by Crippen LogP contribution is 2.55. The minimum Gasteiger partial charge on any atom is -0.465 e. The maximum absolute atomic E-state index is 12.7. The van der Waals surface area contributed by atoms with Gasteiger partial charge in [-0.05, 0) is 55.4 Å². The van der Waals surface area contributed by atoms with Crippen molar-refractivity contribution in [3.63, 3.8) is 0 Å². The third-order valence-corrected chi connectivity index (χ3v) is 7.70. The van der Waals surface area contributed by atoms with Crippen molar-refractivity contribution < 1.29 is 28.2 Å². The summed E-state index contributed by atoms with van der Waals surface area (Å²) in [6.07, 6.45) is 5.44. The summed E-state index contributed by atoms with van der Waals surface area (Å²) in [7, 11) is 5.49. The summed E-state index contributed by atoms with van der Waals surface area (Å²) >= 11 is 0. The monoisotopic (exact) mass is 483 g/mol. The van der Waals surface area contributed by atoms with Gasteiger partial charge in [-0.25, -0.2) is 4.79 Å². The van der Waals surface area contributed by atoms with Crippen LogP contribution in [0.15, 0.2) is 45.1 Å². The van der Waals surface area contributed by atoms with Gasteiger partial charge in [-0.1, -0.05) is 6.08 Å². The first kappa shape index (κ1) is 24.0. The van der Waals surface area contributed by atoms with Crippen LogP contribution >= 0.6 is 0 Å². The molecule has 1 aromatic heterocycles. The first-order valence-electron chi connectivity index (χ1n) is 12.2. The number of nitrogens with zero attached hydrogens (tertiary/aromatic N) is 1. The lowest BCUT2D eigenvalue weighted by Crippen LogP contribution is -2.48. The number of esters is 1.